The minimum absolute atomic E-state index is 0.0108. The molecule has 3 aromatic rings. The average Bonchev–Trinajstić information content (AvgIpc) is 3.17. The van der Waals surface area contributed by atoms with Crippen molar-refractivity contribution in [1.29, 1.82) is 0 Å². The number of nitrogens with one attached hydrogen (secondary N) is 1. The first-order valence-electron chi connectivity index (χ1n) is 8.87. The van der Waals surface area contributed by atoms with E-state index in [1.807, 2.05) is 19.1 Å². The zero-order valence-electron chi connectivity index (χ0n) is 15.6. The topological polar surface area (TPSA) is 62.6 Å². The first-order chi connectivity index (χ1) is 14.3. The minimum atomic E-state index is -0.594. The van der Waals surface area contributed by atoms with E-state index < -0.39 is 11.8 Å². The lowest BCUT2D eigenvalue weighted by molar-refractivity contribution is -0.122. The monoisotopic (exact) mass is 456 g/mol. The first kappa shape index (κ1) is 20.3. The number of thiocarbonyl (C=S) groups is 1. The van der Waals surface area contributed by atoms with Crippen LogP contribution in [0.4, 0.5) is 5.69 Å². The number of aryl methyl sites for hydroxylation is 1. The molecule has 150 valence electrons. The summed E-state index contributed by atoms with van der Waals surface area (Å²) in [7, 11) is 0. The number of hydrogen-bond acceptors (Lipinski definition) is 4. The van der Waals surface area contributed by atoms with Crippen LogP contribution in [0.15, 0.2) is 64.6 Å². The van der Waals surface area contributed by atoms with Crippen LogP contribution in [0.1, 0.15) is 11.3 Å². The molecule has 0 bridgehead atoms. The third-order valence-corrected chi connectivity index (χ3v) is 5.50. The zero-order valence-corrected chi connectivity index (χ0v) is 17.9. The van der Waals surface area contributed by atoms with Crippen molar-refractivity contribution < 1.29 is 14.0 Å². The number of amides is 2. The van der Waals surface area contributed by atoms with Gasteiger partial charge in [0.2, 0.25) is 0 Å². The number of furan rings is 1. The molecular formula is C22H14Cl2N2O3S. The Kier molecular flexibility index (Phi) is 5.47. The van der Waals surface area contributed by atoms with Crippen molar-refractivity contribution >= 4 is 64.1 Å². The second kappa shape index (κ2) is 8.07. The first-order valence-corrected chi connectivity index (χ1v) is 10.0. The Morgan fingerprint density at radius 2 is 1.77 bits per heavy atom. The van der Waals surface area contributed by atoms with Gasteiger partial charge in [0.1, 0.15) is 17.1 Å². The van der Waals surface area contributed by atoms with Crippen molar-refractivity contribution in [3.63, 3.8) is 0 Å². The third-order valence-electron chi connectivity index (χ3n) is 4.56. The summed E-state index contributed by atoms with van der Waals surface area (Å²) in [5.74, 6) is -0.218. The molecule has 8 heteroatoms. The standard InChI is InChI=1S/C22H14Cl2N2O3S/c1-12-2-7-15(10-18(12)24)26-21(28)17(20(27)25-22(26)30)11-16-8-9-19(29-16)13-3-5-14(23)6-4-13/h2-11H,1H3,(H,25,27,30)/b17-11+. The quantitative estimate of drug-likeness (QED) is 0.325. The van der Waals surface area contributed by atoms with Crippen LogP contribution in [0.3, 0.4) is 0 Å². The molecule has 4 rings (SSSR count). The molecule has 30 heavy (non-hydrogen) atoms. The molecule has 2 aromatic carbocycles. The summed E-state index contributed by atoms with van der Waals surface area (Å²) < 4.78 is 5.79. The van der Waals surface area contributed by atoms with E-state index in [2.05, 4.69) is 5.32 Å². The molecule has 0 aliphatic carbocycles. The van der Waals surface area contributed by atoms with Gasteiger partial charge in [-0.3, -0.25) is 19.8 Å². The van der Waals surface area contributed by atoms with Gasteiger partial charge in [0, 0.05) is 15.6 Å². The van der Waals surface area contributed by atoms with Crippen molar-refractivity contribution in [2.45, 2.75) is 6.92 Å². The largest absolute Gasteiger partial charge is 0.457 e. The van der Waals surface area contributed by atoms with Crippen molar-refractivity contribution in [3.05, 3.63) is 81.5 Å². The zero-order chi connectivity index (χ0) is 21.4. The van der Waals surface area contributed by atoms with E-state index in [0.717, 1.165) is 11.1 Å². The maximum absolute atomic E-state index is 13.1. The Balaban J connectivity index is 1.67. The number of halogens is 2. The van der Waals surface area contributed by atoms with Gasteiger partial charge >= 0.3 is 0 Å². The van der Waals surface area contributed by atoms with Crippen molar-refractivity contribution in [2.24, 2.45) is 0 Å². The summed E-state index contributed by atoms with van der Waals surface area (Å²) in [5, 5.41) is 3.63. The summed E-state index contributed by atoms with van der Waals surface area (Å²) in [5.41, 5.74) is 2.05. The summed E-state index contributed by atoms with van der Waals surface area (Å²) in [4.78, 5) is 26.7. The van der Waals surface area contributed by atoms with E-state index in [-0.39, 0.29) is 10.7 Å². The minimum Gasteiger partial charge on any atom is -0.457 e. The molecule has 2 amide bonds. The summed E-state index contributed by atoms with van der Waals surface area (Å²) in [6.07, 6.45) is 1.39. The van der Waals surface area contributed by atoms with Crippen LogP contribution in [-0.2, 0) is 9.59 Å². The number of nitrogens with zero attached hydrogens (tertiary/aromatic N) is 1. The Hall–Kier alpha value is -2.93. The molecule has 0 radical (unpaired) electrons. The van der Waals surface area contributed by atoms with Crippen LogP contribution in [0, 0.1) is 6.92 Å². The van der Waals surface area contributed by atoms with Crippen LogP contribution in [0.5, 0.6) is 0 Å². The highest BCUT2D eigenvalue weighted by Gasteiger charge is 2.35. The van der Waals surface area contributed by atoms with E-state index in [1.165, 1.54) is 11.0 Å². The lowest BCUT2D eigenvalue weighted by Gasteiger charge is -2.29. The molecule has 5 nitrogen and oxygen atoms in total. The van der Waals surface area contributed by atoms with Gasteiger partial charge in [-0.1, -0.05) is 29.3 Å². The molecule has 2 heterocycles. The molecule has 0 unspecified atom stereocenters. The second-order valence-corrected chi connectivity index (χ2v) is 7.83. The number of benzene rings is 2. The SMILES string of the molecule is Cc1ccc(N2C(=O)/C(=C/c3ccc(-c4ccc(Cl)cc4)o3)C(=O)NC2=S)cc1Cl. The average molecular weight is 457 g/mol. The normalized spacial score (nSPS) is 15.6. The fraction of sp³-hybridized carbons (Fsp3) is 0.0455. The van der Waals surface area contributed by atoms with Crippen LogP contribution < -0.4 is 10.2 Å². The molecule has 1 N–H and O–H groups in total. The Morgan fingerprint density at radius 1 is 1.03 bits per heavy atom. The number of anilines is 1. The highest BCUT2D eigenvalue weighted by molar-refractivity contribution is 7.80. The fourth-order valence-electron chi connectivity index (χ4n) is 2.95. The molecule has 0 spiro atoms. The van der Waals surface area contributed by atoms with Crippen LogP contribution in [-0.4, -0.2) is 16.9 Å². The van der Waals surface area contributed by atoms with Crippen molar-refractivity contribution in [1.82, 2.24) is 5.32 Å². The molecule has 1 aliphatic heterocycles. The Morgan fingerprint density at radius 3 is 2.47 bits per heavy atom. The summed E-state index contributed by atoms with van der Waals surface area (Å²) >= 11 is 17.3. The fourth-order valence-corrected chi connectivity index (χ4v) is 3.54. The van der Waals surface area contributed by atoms with E-state index in [9.17, 15) is 9.59 Å². The molecular weight excluding hydrogens is 443 g/mol. The van der Waals surface area contributed by atoms with Gasteiger partial charge in [-0.2, -0.15) is 0 Å². The molecule has 1 aromatic heterocycles. The van der Waals surface area contributed by atoms with E-state index in [4.69, 9.17) is 39.8 Å². The van der Waals surface area contributed by atoms with Gasteiger partial charge in [-0.05, 0) is 79.3 Å². The molecule has 1 aliphatic rings. The van der Waals surface area contributed by atoms with Crippen molar-refractivity contribution in [3.8, 4) is 11.3 Å². The Labute approximate surface area is 187 Å². The van der Waals surface area contributed by atoms with Gasteiger partial charge < -0.3 is 4.42 Å². The lowest BCUT2D eigenvalue weighted by atomic mass is 10.1. The summed E-state index contributed by atoms with van der Waals surface area (Å²) in [6.45, 7) is 1.85. The van der Waals surface area contributed by atoms with Gasteiger partial charge in [0.25, 0.3) is 11.8 Å². The van der Waals surface area contributed by atoms with Gasteiger partial charge in [0.15, 0.2) is 5.11 Å². The van der Waals surface area contributed by atoms with Crippen molar-refractivity contribution in [2.75, 3.05) is 4.90 Å². The van der Waals surface area contributed by atoms with E-state index >= 15 is 0 Å². The van der Waals surface area contributed by atoms with Crippen LogP contribution >= 0.6 is 35.4 Å². The van der Waals surface area contributed by atoms with Gasteiger partial charge in [-0.15, -0.1) is 0 Å². The summed E-state index contributed by atoms with van der Waals surface area (Å²) in [6, 6.07) is 15.7. The van der Waals surface area contributed by atoms with E-state index in [0.29, 0.717) is 27.3 Å². The number of rotatable bonds is 3. The van der Waals surface area contributed by atoms with Crippen LogP contribution in [0.2, 0.25) is 10.0 Å². The predicted molar refractivity (Wildman–Crippen MR) is 122 cm³/mol. The highest BCUT2D eigenvalue weighted by atomic mass is 35.5. The predicted octanol–water partition coefficient (Wildman–Crippen LogP) is 5.39. The molecule has 0 atom stereocenters. The highest BCUT2D eigenvalue weighted by Crippen LogP contribution is 2.28. The maximum atomic E-state index is 13.1. The number of carbonyl (C=O) groups is 2. The second-order valence-electron chi connectivity index (χ2n) is 6.60. The number of hydrogen-bond donors (Lipinski definition) is 1. The van der Waals surface area contributed by atoms with Gasteiger partial charge in [0.05, 0.1) is 5.69 Å². The smallest absolute Gasteiger partial charge is 0.270 e. The molecule has 1 saturated heterocycles. The Bertz CT molecular complexity index is 1220. The molecule has 1 fully saturated rings. The number of carbonyl (C=O) groups excluding carboxylic acids is 2. The maximum Gasteiger partial charge on any atom is 0.270 e. The molecule has 0 saturated carbocycles. The van der Waals surface area contributed by atoms with Gasteiger partial charge in [-0.25, -0.2) is 0 Å². The lowest BCUT2D eigenvalue weighted by Crippen LogP contribution is -2.54. The third kappa shape index (κ3) is 3.89. The van der Waals surface area contributed by atoms with Crippen LogP contribution in [0.25, 0.3) is 17.4 Å². The van der Waals surface area contributed by atoms with E-state index in [1.54, 1.807) is 42.5 Å².